The maximum atomic E-state index is 5.42. The summed E-state index contributed by atoms with van der Waals surface area (Å²) in [5.41, 5.74) is 6.45. The molecule has 0 aliphatic rings. The molecule has 0 saturated carbocycles. The topological polar surface area (TPSA) is 55.0 Å². The van der Waals surface area contributed by atoms with Gasteiger partial charge in [-0.15, -0.1) is 0 Å². The lowest BCUT2D eigenvalue weighted by molar-refractivity contribution is 1.02. The summed E-state index contributed by atoms with van der Waals surface area (Å²) in [6.45, 7) is 1.95. The third-order valence-electron chi connectivity index (χ3n) is 1.39. The number of hydrogen-bond donors (Lipinski definition) is 1. The van der Waals surface area contributed by atoms with Crippen molar-refractivity contribution in [1.29, 1.82) is 0 Å². The second kappa shape index (κ2) is 2.74. The zero-order chi connectivity index (χ0) is 8.43. The smallest absolute Gasteiger partial charge is 0.221 e. The normalized spacial score (nSPS) is 9.73. The van der Waals surface area contributed by atoms with Crippen LogP contribution in [0.2, 0.25) is 0 Å². The van der Waals surface area contributed by atoms with Crippen molar-refractivity contribution in [3.05, 3.63) is 11.8 Å². The highest BCUT2D eigenvalue weighted by atomic mass is 15.2. The molecule has 2 N–H and O–H groups in total. The summed E-state index contributed by atoms with van der Waals surface area (Å²) in [5.74, 6) is 1.19. The Morgan fingerprint density at radius 3 is 2.55 bits per heavy atom. The minimum Gasteiger partial charge on any atom is -0.368 e. The van der Waals surface area contributed by atoms with Gasteiger partial charge in [0, 0.05) is 25.9 Å². The van der Waals surface area contributed by atoms with E-state index in [0.717, 1.165) is 11.4 Å². The first-order valence-corrected chi connectivity index (χ1v) is 3.37. The minimum absolute atomic E-state index is 0.319. The summed E-state index contributed by atoms with van der Waals surface area (Å²) in [6, 6.07) is 0. The summed E-state index contributed by atoms with van der Waals surface area (Å²) >= 11 is 0. The molecule has 0 saturated heterocycles. The Balaban J connectivity index is 3.13. The first-order valence-electron chi connectivity index (χ1n) is 3.37. The van der Waals surface area contributed by atoms with E-state index in [-0.39, 0.29) is 0 Å². The van der Waals surface area contributed by atoms with E-state index in [1.54, 1.807) is 6.20 Å². The summed E-state index contributed by atoms with van der Waals surface area (Å²) < 4.78 is 0. The van der Waals surface area contributed by atoms with E-state index in [9.17, 15) is 0 Å². The molecular formula is C7H12N4. The van der Waals surface area contributed by atoms with Crippen LogP contribution in [0.4, 0.5) is 11.8 Å². The Bertz CT molecular complexity index is 257. The van der Waals surface area contributed by atoms with Crippen LogP contribution in [0, 0.1) is 6.92 Å². The van der Waals surface area contributed by atoms with Gasteiger partial charge < -0.3 is 10.6 Å². The predicted molar refractivity (Wildman–Crippen MR) is 45.5 cm³/mol. The maximum absolute atomic E-state index is 5.42. The van der Waals surface area contributed by atoms with Gasteiger partial charge in [0.1, 0.15) is 5.82 Å². The van der Waals surface area contributed by atoms with Crippen molar-refractivity contribution in [2.45, 2.75) is 6.92 Å². The standard InChI is InChI=1S/C7H12N4/c1-5-4-9-7(8)10-6(5)11(2)3/h4H,1-3H3,(H2,8,9,10). The van der Waals surface area contributed by atoms with Gasteiger partial charge in [0.25, 0.3) is 0 Å². The minimum atomic E-state index is 0.319. The van der Waals surface area contributed by atoms with Crippen LogP contribution in [-0.2, 0) is 0 Å². The molecule has 0 unspecified atom stereocenters. The number of rotatable bonds is 1. The van der Waals surface area contributed by atoms with Crippen molar-refractivity contribution < 1.29 is 0 Å². The monoisotopic (exact) mass is 152 g/mol. The van der Waals surface area contributed by atoms with E-state index < -0.39 is 0 Å². The van der Waals surface area contributed by atoms with Gasteiger partial charge in [-0.2, -0.15) is 4.98 Å². The summed E-state index contributed by atoms with van der Waals surface area (Å²) in [5, 5.41) is 0. The van der Waals surface area contributed by atoms with E-state index in [4.69, 9.17) is 5.73 Å². The van der Waals surface area contributed by atoms with Crippen LogP contribution in [-0.4, -0.2) is 24.1 Å². The van der Waals surface area contributed by atoms with Gasteiger partial charge in [0.2, 0.25) is 5.95 Å². The lowest BCUT2D eigenvalue weighted by Crippen LogP contribution is -2.13. The molecule has 1 aromatic rings. The van der Waals surface area contributed by atoms with Crippen LogP contribution in [0.5, 0.6) is 0 Å². The van der Waals surface area contributed by atoms with E-state index >= 15 is 0 Å². The van der Waals surface area contributed by atoms with Crippen molar-refractivity contribution in [2.75, 3.05) is 24.7 Å². The number of aryl methyl sites for hydroxylation is 1. The van der Waals surface area contributed by atoms with E-state index in [1.807, 2.05) is 25.9 Å². The van der Waals surface area contributed by atoms with Gasteiger partial charge in [0.05, 0.1) is 0 Å². The quantitative estimate of drug-likeness (QED) is 0.634. The fourth-order valence-electron chi connectivity index (χ4n) is 0.899. The molecule has 0 spiro atoms. The highest BCUT2D eigenvalue weighted by molar-refractivity contribution is 5.46. The molecular weight excluding hydrogens is 140 g/mol. The molecule has 60 valence electrons. The number of hydrogen-bond acceptors (Lipinski definition) is 4. The van der Waals surface area contributed by atoms with E-state index in [0.29, 0.717) is 5.95 Å². The number of aromatic nitrogens is 2. The second-order valence-corrected chi connectivity index (χ2v) is 2.63. The molecule has 11 heavy (non-hydrogen) atoms. The lowest BCUT2D eigenvalue weighted by atomic mass is 10.3. The van der Waals surface area contributed by atoms with E-state index in [1.165, 1.54) is 0 Å². The molecule has 1 aromatic heterocycles. The highest BCUT2D eigenvalue weighted by Gasteiger charge is 2.02. The van der Waals surface area contributed by atoms with Gasteiger partial charge in [-0.25, -0.2) is 4.98 Å². The maximum Gasteiger partial charge on any atom is 0.221 e. The second-order valence-electron chi connectivity index (χ2n) is 2.63. The summed E-state index contributed by atoms with van der Waals surface area (Å²) in [6.07, 6.45) is 1.72. The average Bonchev–Trinajstić information content (AvgIpc) is 1.94. The lowest BCUT2D eigenvalue weighted by Gasteiger charge is -2.13. The Morgan fingerprint density at radius 1 is 1.45 bits per heavy atom. The summed E-state index contributed by atoms with van der Waals surface area (Å²) in [4.78, 5) is 9.84. The molecule has 1 heterocycles. The first-order chi connectivity index (χ1) is 5.11. The predicted octanol–water partition coefficient (Wildman–Crippen LogP) is 0.433. The average molecular weight is 152 g/mol. The largest absolute Gasteiger partial charge is 0.368 e. The molecule has 0 fully saturated rings. The zero-order valence-electron chi connectivity index (χ0n) is 7.00. The van der Waals surface area contributed by atoms with Crippen LogP contribution < -0.4 is 10.6 Å². The molecule has 4 nitrogen and oxygen atoms in total. The first kappa shape index (κ1) is 7.78. The Labute approximate surface area is 66.1 Å². The number of nitrogens with zero attached hydrogens (tertiary/aromatic N) is 3. The van der Waals surface area contributed by atoms with Gasteiger partial charge in [-0.1, -0.05) is 0 Å². The van der Waals surface area contributed by atoms with Crippen molar-refractivity contribution >= 4 is 11.8 Å². The van der Waals surface area contributed by atoms with Gasteiger partial charge >= 0.3 is 0 Å². The summed E-state index contributed by atoms with van der Waals surface area (Å²) in [7, 11) is 3.85. The van der Waals surface area contributed by atoms with Crippen LogP contribution in [0.25, 0.3) is 0 Å². The SMILES string of the molecule is Cc1cnc(N)nc1N(C)C. The van der Waals surface area contributed by atoms with Gasteiger partial charge in [-0.05, 0) is 6.92 Å². The fourth-order valence-corrected chi connectivity index (χ4v) is 0.899. The Hall–Kier alpha value is -1.32. The Kier molecular flexibility index (Phi) is 1.94. The van der Waals surface area contributed by atoms with Crippen LogP contribution in [0.1, 0.15) is 5.56 Å². The molecule has 0 radical (unpaired) electrons. The molecule has 0 aliphatic carbocycles. The van der Waals surface area contributed by atoms with Gasteiger partial charge in [-0.3, -0.25) is 0 Å². The fraction of sp³-hybridized carbons (Fsp3) is 0.429. The third-order valence-corrected chi connectivity index (χ3v) is 1.39. The third kappa shape index (κ3) is 1.58. The molecule has 4 heteroatoms. The number of nitrogen functional groups attached to an aromatic ring is 1. The van der Waals surface area contributed by atoms with Crippen molar-refractivity contribution in [3.63, 3.8) is 0 Å². The molecule has 0 amide bonds. The molecule has 1 rings (SSSR count). The van der Waals surface area contributed by atoms with Crippen molar-refractivity contribution in [1.82, 2.24) is 9.97 Å². The molecule has 0 aliphatic heterocycles. The van der Waals surface area contributed by atoms with E-state index in [2.05, 4.69) is 9.97 Å². The molecule has 0 aromatic carbocycles. The van der Waals surface area contributed by atoms with Crippen LogP contribution in [0.15, 0.2) is 6.20 Å². The van der Waals surface area contributed by atoms with Crippen LogP contribution in [0.3, 0.4) is 0 Å². The molecule has 0 atom stereocenters. The number of nitrogens with two attached hydrogens (primary N) is 1. The molecule has 0 bridgehead atoms. The van der Waals surface area contributed by atoms with Crippen molar-refractivity contribution in [3.8, 4) is 0 Å². The van der Waals surface area contributed by atoms with Crippen LogP contribution >= 0.6 is 0 Å². The van der Waals surface area contributed by atoms with Crippen molar-refractivity contribution in [2.24, 2.45) is 0 Å². The Morgan fingerprint density at radius 2 is 2.09 bits per heavy atom. The van der Waals surface area contributed by atoms with Gasteiger partial charge in [0.15, 0.2) is 0 Å². The zero-order valence-corrected chi connectivity index (χ0v) is 7.00. The number of anilines is 2. The highest BCUT2D eigenvalue weighted by Crippen LogP contribution is 2.12.